The van der Waals surface area contributed by atoms with Crippen molar-refractivity contribution >= 4 is 39.2 Å². The zero-order valence-electron chi connectivity index (χ0n) is 19.3. The molecule has 0 spiro atoms. The van der Waals surface area contributed by atoms with Gasteiger partial charge in [0.1, 0.15) is 11.0 Å². The molecule has 9 nitrogen and oxygen atoms in total. The Bertz CT molecular complexity index is 1240. The van der Waals surface area contributed by atoms with Crippen molar-refractivity contribution in [1.82, 2.24) is 14.6 Å². The number of halogens is 4. The molecule has 2 amide bonds. The number of fused-ring (bicyclic) bond motifs is 1. The summed E-state index contributed by atoms with van der Waals surface area (Å²) in [6.45, 7) is 1.84. The average Bonchev–Trinajstić information content (AvgIpc) is 3.27. The van der Waals surface area contributed by atoms with Crippen LogP contribution >= 0.6 is 11.6 Å². The van der Waals surface area contributed by atoms with Gasteiger partial charge in [0, 0.05) is 45.0 Å². The van der Waals surface area contributed by atoms with Crippen LogP contribution in [0.5, 0.6) is 0 Å². The Kier molecular flexibility index (Phi) is 7.64. The molecule has 3 N–H and O–H groups in total. The molecule has 196 valence electrons. The monoisotopic (exact) mass is 546 g/mol. The van der Waals surface area contributed by atoms with Gasteiger partial charge in [0.25, 0.3) is 0 Å². The largest absolute Gasteiger partial charge is 0.416 e. The summed E-state index contributed by atoms with van der Waals surface area (Å²) < 4.78 is 67.2. The molecule has 1 fully saturated rings. The number of alkyl halides is 3. The van der Waals surface area contributed by atoms with Crippen LogP contribution in [-0.4, -0.2) is 69.6 Å². The maximum Gasteiger partial charge on any atom is 0.416 e. The van der Waals surface area contributed by atoms with Gasteiger partial charge in [-0.15, -0.1) is 0 Å². The highest BCUT2D eigenvalue weighted by molar-refractivity contribution is 7.89. The van der Waals surface area contributed by atoms with E-state index in [1.165, 1.54) is 10.4 Å². The minimum absolute atomic E-state index is 0.0502. The standard InChI is InChI=1S/C22H26ClF3N6O3S/c23-19-13-16(22(24,25)26)14-20(29-19)30-8-10-31(11-9-30)36(34,35)17-2-3-18-15(12-17)4-7-32(18)21(33)28-6-1-5-27/h2-3,12-14H,1,4-11,27H2,(H,28,33). The van der Waals surface area contributed by atoms with E-state index in [0.29, 0.717) is 38.2 Å². The number of sulfonamides is 1. The maximum atomic E-state index is 13.3. The molecule has 1 aromatic heterocycles. The molecule has 0 radical (unpaired) electrons. The van der Waals surface area contributed by atoms with Crippen molar-refractivity contribution in [3.05, 3.63) is 46.6 Å². The normalized spacial score (nSPS) is 16.8. The highest BCUT2D eigenvalue weighted by Crippen LogP contribution is 2.34. The highest BCUT2D eigenvalue weighted by Gasteiger charge is 2.34. The number of benzene rings is 1. The second kappa shape index (κ2) is 10.4. The lowest BCUT2D eigenvalue weighted by molar-refractivity contribution is -0.137. The maximum absolute atomic E-state index is 13.3. The lowest BCUT2D eigenvalue weighted by Crippen LogP contribution is -2.49. The smallest absolute Gasteiger partial charge is 0.354 e. The molecule has 2 aliphatic rings. The van der Waals surface area contributed by atoms with Gasteiger partial charge in [0.05, 0.1) is 10.5 Å². The van der Waals surface area contributed by atoms with Crippen molar-refractivity contribution in [3.63, 3.8) is 0 Å². The van der Waals surface area contributed by atoms with Gasteiger partial charge >= 0.3 is 12.2 Å². The van der Waals surface area contributed by atoms with Gasteiger partial charge in [-0.3, -0.25) is 4.90 Å². The minimum atomic E-state index is -4.57. The summed E-state index contributed by atoms with van der Waals surface area (Å²) in [6.07, 6.45) is -3.38. The number of anilines is 2. The summed E-state index contributed by atoms with van der Waals surface area (Å²) in [6, 6.07) is 6.09. The Hall–Kier alpha value is -2.61. The average molecular weight is 547 g/mol. The number of carbonyl (C=O) groups is 1. The highest BCUT2D eigenvalue weighted by atomic mass is 35.5. The molecular formula is C22H26ClF3N6O3S. The fraction of sp³-hybridized carbons (Fsp3) is 0.455. The van der Waals surface area contributed by atoms with Crippen LogP contribution in [0.4, 0.5) is 29.5 Å². The first-order chi connectivity index (χ1) is 17.0. The number of rotatable bonds is 6. The fourth-order valence-corrected chi connectivity index (χ4v) is 5.94. The fourth-order valence-electron chi connectivity index (χ4n) is 4.26. The van der Waals surface area contributed by atoms with E-state index in [1.807, 2.05) is 0 Å². The molecule has 0 unspecified atom stereocenters. The zero-order chi connectivity index (χ0) is 26.1. The number of piperazine rings is 1. The van der Waals surface area contributed by atoms with Crippen molar-refractivity contribution in [3.8, 4) is 0 Å². The van der Waals surface area contributed by atoms with Gasteiger partial charge in [-0.25, -0.2) is 18.2 Å². The molecular weight excluding hydrogens is 521 g/mol. The van der Waals surface area contributed by atoms with Crippen LogP contribution in [0.15, 0.2) is 35.2 Å². The molecule has 2 aliphatic heterocycles. The molecule has 2 aromatic rings. The summed E-state index contributed by atoms with van der Waals surface area (Å²) in [5.41, 5.74) is 5.96. The zero-order valence-corrected chi connectivity index (χ0v) is 20.8. The second-order valence-corrected chi connectivity index (χ2v) is 10.8. The Morgan fingerprint density at radius 2 is 1.83 bits per heavy atom. The SMILES string of the molecule is NCCCNC(=O)N1CCc2cc(S(=O)(=O)N3CCN(c4cc(C(F)(F)F)cc(Cl)n4)CC3)ccc21. The molecule has 3 heterocycles. The quantitative estimate of drug-likeness (QED) is 0.426. The predicted octanol–water partition coefficient (Wildman–Crippen LogP) is 2.69. The van der Waals surface area contributed by atoms with Crippen molar-refractivity contribution < 1.29 is 26.4 Å². The number of hydrogen-bond donors (Lipinski definition) is 2. The third-order valence-electron chi connectivity index (χ3n) is 6.16. The topological polar surface area (TPSA) is 112 Å². The van der Waals surface area contributed by atoms with Crippen LogP contribution in [0.25, 0.3) is 0 Å². The second-order valence-electron chi connectivity index (χ2n) is 8.49. The lowest BCUT2D eigenvalue weighted by Gasteiger charge is -2.35. The first kappa shape index (κ1) is 26.5. The van der Waals surface area contributed by atoms with Gasteiger partial charge in [-0.1, -0.05) is 11.6 Å². The predicted molar refractivity (Wildman–Crippen MR) is 130 cm³/mol. The van der Waals surface area contributed by atoms with Crippen LogP contribution in [0, 0.1) is 0 Å². The number of pyridine rings is 1. The Labute approximate surface area is 212 Å². The number of nitrogens with zero attached hydrogens (tertiary/aromatic N) is 4. The molecule has 0 atom stereocenters. The van der Waals surface area contributed by atoms with Gasteiger partial charge in [0.2, 0.25) is 10.0 Å². The summed E-state index contributed by atoms with van der Waals surface area (Å²) in [5, 5.41) is 2.51. The van der Waals surface area contributed by atoms with E-state index in [1.54, 1.807) is 21.9 Å². The molecule has 1 aromatic carbocycles. The molecule has 1 saturated heterocycles. The van der Waals surface area contributed by atoms with Crippen molar-refractivity contribution in [1.29, 1.82) is 0 Å². The van der Waals surface area contributed by atoms with Crippen LogP contribution < -0.4 is 20.9 Å². The van der Waals surface area contributed by atoms with Gasteiger partial charge in [-0.2, -0.15) is 17.5 Å². The Balaban J connectivity index is 1.44. The number of hydrogen-bond acceptors (Lipinski definition) is 6. The van der Waals surface area contributed by atoms with Gasteiger partial charge in [0.15, 0.2) is 0 Å². The van der Waals surface area contributed by atoms with Crippen molar-refractivity contribution in [2.75, 3.05) is 55.6 Å². The molecule has 14 heteroatoms. The van der Waals surface area contributed by atoms with E-state index in [-0.39, 0.29) is 48.1 Å². The summed E-state index contributed by atoms with van der Waals surface area (Å²) in [4.78, 5) is 19.7. The first-order valence-electron chi connectivity index (χ1n) is 11.4. The van der Waals surface area contributed by atoms with E-state index in [4.69, 9.17) is 17.3 Å². The van der Waals surface area contributed by atoms with Crippen molar-refractivity contribution in [2.24, 2.45) is 5.73 Å². The van der Waals surface area contributed by atoms with E-state index < -0.39 is 21.8 Å². The molecule has 0 bridgehead atoms. The number of nitrogens with two attached hydrogens (primary N) is 1. The number of urea groups is 1. The summed E-state index contributed by atoms with van der Waals surface area (Å²) in [5.74, 6) is 0.0502. The number of nitrogens with one attached hydrogen (secondary N) is 1. The van der Waals surface area contributed by atoms with Crippen LogP contribution in [-0.2, 0) is 22.6 Å². The molecule has 36 heavy (non-hydrogen) atoms. The molecule has 0 saturated carbocycles. The Morgan fingerprint density at radius 3 is 2.50 bits per heavy atom. The van der Waals surface area contributed by atoms with Crippen LogP contribution in [0.3, 0.4) is 0 Å². The van der Waals surface area contributed by atoms with E-state index >= 15 is 0 Å². The minimum Gasteiger partial charge on any atom is -0.354 e. The number of carbonyl (C=O) groups excluding carboxylic acids is 1. The summed E-state index contributed by atoms with van der Waals surface area (Å²) >= 11 is 5.79. The third kappa shape index (κ3) is 5.53. The van der Waals surface area contributed by atoms with E-state index in [9.17, 15) is 26.4 Å². The van der Waals surface area contributed by atoms with Gasteiger partial charge < -0.3 is 16.0 Å². The molecule has 4 rings (SSSR count). The lowest BCUT2D eigenvalue weighted by atomic mass is 10.2. The van der Waals surface area contributed by atoms with Crippen LogP contribution in [0.1, 0.15) is 17.5 Å². The van der Waals surface area contributed by atoms with E-state index in [0.717, 1.165) is 17.7 Å². The van der Waals surface area contributed by atoms with E-state index in [2.05, 4.69) is 10.3 Å². The third-order valence-corrected chi connectivity index (χ3v) is 8.25. The van der Waals surface area contributed by atoms with Gasteiger partial charge in [-0.05, 0) is 55.3 Å². The number of amides is 2. The summed E-state index contributed by atoms with van der Waals surface area (Å²) in [7, 11) is -3.84. The first-order valence-corrected chi connectivity index (χ1v) is 13.2. The molecule has 0 aliphatic carbocycles. The van der Waals surface area contributed by atoms with Crippen molar-refractivity contribution in [2.45, 2.75) is 23.9 Å². The number of aromatic nitrogens is 1. The van der Waals surface area contributed by atoms with Crippen LogP contribution in [0.2, 0.25) is 5.15 Å². The Morgan fingerprint density at radius 1 is 1.11 bits per heavy atom.